The van der Waals surface area contributed by atoms with Crippen molar-refractivity contribution in [3.63, 3.8) is 0 Å². The van der Waals surface area contributed by atoms with E-state index in [1.165, 1.54) is 32.2 Å². The quantitative estimate of drug-likeness (QED) is 0.386. The predicted molar refractivity (Wildman–Crippen MR) is 49.9 cm³/mol. The van der Waals surface area contributed by atoms with E-state index in [1.807, 2.05) is 0 Å². The molecule has 1 aromatic heterocycles. The summed E-state index contributed by atoms with van der Waals surface area (Å²) in [4.78, 5) is 22.4. The van der Waals surface area contributed by atoms with Crippen LogP contribution in [0.25, 0.3) is 0 Å². The third-order valence-electron chi connectivity index (χ3n) is 2.24. The molecular formula is C10H9NO5. The van der Waals surface area contributed by atoms with Crippen LogP contribution in [0.1, 0.15) is 29.9 Å². The Labute approximate surface area is 91.0 Å². The molecule has 1 aliphatic rings. The normalized spacial score (nSPS) is 22.5. The third kappa shape index (κ3) is 1.39. The summed E-state index contributed by atoms with van der Waals surface area (Å²) in [6.45, 7) is 2.53. The second-order valence-electron chi connectivity index (χ2n) is 3.53. The molecule has 84 valence electrons. The monoisotopic (exact) mass is 223 g/mol. The number of rotatable bonds is 1. The lowest BCUT2D eigenvalue weighted by Crippen LogP contribution is -2.41. The summed E-state index contributed by atoms with van der Waals surface area (Å²) in [5.74, 6) is -2.95. The zero-order valence-corrected chi connectivity index (χ0v) is 8.72. The van der Waals surface area contributed by atoms with Gasteiger partial charge in [0.25, 0.3) is 5.69 Å². The number of carbonyl (C=O) groups excluding carboxylic acids is 2. The summed E-state index contributed by atoms with van der Waals surface area (Å²) >= 11 is 0. The number of hydrogen-bond acceptors (Lipinski definition) is 5. The Hall–Kier alpha value is -2.11. The molecule has 0 fully saturated rings. The van der Waals surface area contributed by atoms with E-state index in [2.05, 4.69) is 0 Å². The number of cyclic esters (lactones) is 1. The topological polar surface area (TPSA) is 79.5 Å². The molecule has 0 saturated heterocycles. The van der Waals surface area contributed by atoms with E-state index < -0.39 is 17.7 Å². The zero-order chi connectivity index (χ0) is 11.9. The fourth-order valence-electron chi connectivity index (χ4n) is 1.72. The minimum absolute atomic E-state index is 0.00444. The van der Waals surface area contributed by atoms with Gasteiger partial charge < -0.3 is 14.7 Å². The molecule has 0 spiro atoms. The van der Waals surface area contributed by atoms with Crippen molar-refractivity contribution in [1.82, 2.24) is 0 Å². The van der Waals surface area contributed by atoms with Gasteiger partial charge in [-0.2, -0.15) is 4.73 Å². The van der Waals surface area contributed by atoms with Crippen molar-refractivity contribution >= 4 is 11.9 Å². The van der Waals surface area contributed by atoms with E-state index >= 15 is 0 Å². The molecule has 0 aromatic carbocycles. The van der Waals surface area contributed by atoms with Crippen molar-refractivity contribution in [1.29, 1.82) is 0 Å². The Morgan fingerprint density at radius 2 is 2.31 bits per heavy atom. The number of nitrogens with zero attached hydrogens (tertiary/aromatic N) is 1. The van der Waals surface area contributed by atoms with Crippen LogP contribution in [-0.4, -0.2) is 11.9 Å². The Morgan fingerprint density at radius 3 is 2.94 bits per heavy atom. The minimum atomic E-state index is -1.64. The maximum absolute atomic E-state index is 11.5. The zero-order valence-electron chi connectivity index (χ0n) is 8.72. The van der Waals surface area contributed by atoms with Gasteiger partial charge in [-0.05, 0) is 6.07 Å². The first-order chi connectivity index (χ1) is 7.44. The van der Waals surface area contributed by atoms with Crippen LogP contribution in [0.3, 0.4) is 0 Å². The standard InChI is InChI=1S/C10H9NO5/c1-6(12)15-10(2)8-7(9(13)16-10)4-3-5-11(8)14/h3-5H,1-2H3. The van der Waals surface area contributed by atoms with E-state index in [4.69, 9.17) is 9.47 Å². The fourth-order valence-corrected chi connectivity index (χ4v) is 1.72. The van der Waals surface area contributed by atoms with Crippen LogP contribution in [0.5, 0.6) is 0 Å². The molecule has 6 heteroatoms. The summed E-state index contributed by atoms with van der Waals surface area (Å²) in [7, 11) is 0. The van der Waals surface area contributed by atoms with Gasteiger partial charge in [0.05, 0.1) is 0 Å². The lowest BCUT2D eigenvalue weighted by molar-refractivity contribution is -0.625. The van der Waals surface area contributed by atoms with Gasteiger partial charge in [0.15, 0.2) is 6.20 Å². The molecule has 0 radical (unpaired) electrons. The van der Waals surface area contributed by atoms with Gasteiger partial charge in [-0.15, -0.1) is 0 Å². The smallest absolute Gasteiger partial charge is 0.348 e. The maximum Gasteiger partial charge on any atom is 0.348 e. The molecule has 6 nitrogen and oxygen atoms in total. The number of hydrogen-bond donors (Lipinski definition) is 0. The number of aromatic nitrogens is 1. The molecule has 0 saturated carbocycles. The van der Waals surface area contributed by atoms with Crippen LogP contribution in [0.15, 0.2) is 18.3 Å². The predicted octanol–water partition coefficient (Wildman–Crippen LogP) is 0.226. The Morgan fingerprint density at radius 1 is 1.62 bits per heavy atom. The van der Waals surface area contributed by atoms with Crippen LogP contribution in [0.4, 0.5) is 0 Å². The van der Waals surface area contributed by atoms with Crippen LogP contribution in [0, 0.1) is 5.21 Å². The van der Waals surface area contributed by atoms with Gasteiger partial charge in [-0.25, -0.2) is 4.79 Å². The number of pyridine rings is 1. The second-order valence-corrected chi connectivity index (χ2v) is 3.53. The molecule has 2 heterocycles. The van der Waals surface area contributed by atoms with Gasteiger partial charge in [0.2, 0.25) is 0 Å². The van der Waals surface area contributed by atoms with Crippen LogP contribution < -0.4 is 4.73 Å². The van der Waals surface area contributed by atoms with Gasteiger partial charge in [-0.3, -0.25) is 4.79 Å². The highest BCUT2D eigenvalue weighted by atomic mass is 16.7. The van der Waals surface area contributed by atoms with E-state index in [0.29, 0.717) is 4.73 Å². The Kier molecular flexibility index (Phi) is 2.08. The average Bonchev–Trinajstić information content (AvgIpc) is 2.38. The summed E-state index contributed by atoms with van der Waals surface area (Å²) < 4.78 is 10.2. The van der Waals surface area contributed by atoms with E-state index in [1.54, 1.807) is 0 Å². The molecule has 0 N–H and O–H groups in total. The number of fused-ring (bicyclic) bond motifs is 1. The molecule has 0 aliphatic carbocycles. The second kappa shape index (κ2) is 3.19. The van der Waals surface area contributed by atoms with Crippen molar-refractivity contribution in [3.05, 3.63) is 34.8 Å². The molecule has 0 amide bonds. The molecule has 16 heavy (non-hydrogen) atoms. The summed E-state index contributed by atoms with van der Waals surface area (Å²) in [5.41, 5.74) is 0.108. The Bertz CT molecular complexity index is 480. The van der Waals surface area contributed by atoms with E-state index in [9.17, 15) is 14.8 Å². The van der Waals surface area contributed by atoms with Gasteiger partial charge >= 0.3 is 17.7 Å². The summed E-state index contributed by atoms with van der Waals surface area (Å²) in [5, 5.41) is 11.5. The first-order valence-corrected chi connectivity index (χ1v) is 4.59. The first kappa shape index (κ1) is 10.4. The van der Waals surface area contributed by atoms with E-state index in [-0.39, 0.29) is 11.3 Å². The SMILES string of the molecule is CC(=O)OC1(C)OC(=O)c2ccc[n+]([O-])c21. The van der Waals surface area contributed by atoms with E-state index in [0.717, 1.165) is 0 Å². The van der Waals surface area contributed by atoms with Gasteiger partial charge in [-0.1, -0.05) is 0 Å². The number of carbonyl (C=O) groups is 2. The summed E-state index contributed by atoms with van der Waals surface area (Å²) in [6, 6.07) is 2.87. The van der Waals surface area contributed by atoms with Crippen LogP contribution in [-0.2, 0) is 20.1 Å². The molecule has 1 aromatic rings. The van der Waals surface area contributed by atoms with Crippen LogP contribution in [0.2, 0.25) is 0 Å². The van der Waals surface area contributed by atoms with Crippen LogP contribution >= 0.6 is 0 Å². The molecule has 1 atom stereocenters. The van der Waals surface area contributed by atoms with Crippen molar-refractivity contribution in [2.24, 2.45) is 0 Å². The fraction of sp³-hybridized carbons (Fsp3) is 0.300. The largest absolute Gasteiger partial charge is 0.618 e. The van der Waals surface area contributed by atoms with Crippen molar-refractivity contribution in [2.45, 2.75) is 19.6 Å². The molecule has 0 bridgehead atoms. The minimum Gasteiger partial charge on any atom is -0.618 e. The number of esters is 2. The molecular weight excluding hydrogens is 214 g/mol. The molecule has 1 unspecified atom stereocenters. The lowest BCUT2D eigenvalue weighted by atomic mass is 10.1. The third-order valence-corrected chi connectivity index (χ3v) is 2.24. The molecule has 2 rings (SSSR count). The first-order valence-electron chi connectivity index (χ1n) is 4.59. The highest BCUT2D eigenvalue weighted by molar-refractivity contribution is 5.93. The Balaban J connectivity index is 2.57. The average molecular weight is 223 g/mol. The van der Waals surface area contributed by atoms with Gasteiger partial charge in [0.1, 0.15) is 5.56 Å². The van der Waals surface area contributed by atoms with Gasteiger partial charge in [0, 0.05) is 19.9 Å². The lowest BCUT2D eigenvalue weighted by Gasteiger charge is -2.20. The highest BCUT2D eigenvalue weighted by Gasteiger charge is 2.52. The molecule has 1 aliphatic heterocycles. The summed E-state index contributed by atoms with van der Waals surface area (Å²) in [6.07, 6.45) is 1.21. The maximum atomic E-state index is 11.5. The van der Waals surface area contributed by atoms with Crippen molar-refractivity contribution in [2.75, 3.05) is 0 Å². The number of ether oxygens (including phenoxy) is 2. The highest BCUT2D eigenvalue weighted by Crippen LogP contribution is 2.34. The van der Waals surface area contributed by atoms with Crippen molar-refractivity contribution < 1.29 is 23.8 Å². The van der Waals surface area contributed by atoms with Crippen molar-refractivity contribution in [3.8, 4) is 0 Å².